The van der Waals surface area contributed by atoms with Crippen molar-refractivity contribution in [2.24, 2.45) is 11.3 Å². The smallest absolute Gasteiger partial charge is 0.0134 e. The van der Waals surface area contributed by atoms with Crippen molar-refractivity contribution in [2.75, 3.05) is 0 Å². The van der Waals surface area contributed by atoms with Crippen molar-refractivity contribution in [3.8, 4) is 0 Å². The average Bonchev–Trinajstić information content (AvgIpc) is 2.30. The monoisotopic (exact) mass is 229 g/mol. The van der Waals surface area contributed by atoms with Gasteiger partial charge in [0, 0.05) is 5.92 Å². The van der Waals surface area contributed by atoms with Gasteiger partial charge >= 0.3 is 0 Å². The van der Waals surface area contributed by atoms with Crippen LogP contribution in [0.25, 0.3) is 0 Å². The molecule has 1 aromatic carbocycles. The molecule has 0 saturated heterocycles. The molecule has 2 rings (SSSR count). The van der Waals surface area contributed by atoms with E-state index in [0.717, 1.165) is 5.92 Å². The van der Waals surface area contributed by atoms with Crippen molar-refractivity contribution in [3.05, 3.63) is 41.8 Å². The summed E-state index contributed by atoms with van der Waals surface area (Å²) in [5.41, 5.74) is 1.76. The van der Waals surface area contributed by atoms with E-state index in [1.165, 1.54) is 37.7 Å². The maximum absolute atomic E-state index is 2.37. The van der Waals surface area contributed by atoms with Gasteiger partial charge in [-0.15, -0.1) is 0 Å². The third-order valence-corrected chi connectivity index (χ3v) is 3.91. The Morgan fingerprint density at radius 1 is 0.941 bits per heavy atom. The van der Waals surface area contributed by atoms with Crippen LogP contribution in [0.1, 0.15) is 58.4 Å². The number of rotatable bonds is 2. The van der Waals surface area contributed by atoms with Crippen LogP contribution in [0.5, 0.6) is 0 Å². The van der Waals surface area contributed by atoms with Gasteiger partial charge in [-0.3, -0.25) is 0 Å². The van der Waals surface area contributed by atoms with Crippen LogP contribution in [-0.4, -0.2) is 0 Å². The highest BCUT2D eigenvalue weighted by Gasteiger charge is 2.34. The Bertz CT molecular complexity index is 325. The summed E-state index contributed by atoms with van der Waals surface area (Å²) in [5.74, 6) is 2.49. The van der Waals surface area contributed by atoms with Gasteiger partial charge in [0.15, 0.2) is 0 Å². The molecule has 0 heteroatoms. The largest absolute Gasteiger partial charge is 0.0622 e. The summed E-state index contributed by atoms with van der Waals surface area (Å²) in [6.45, 7) is 7.10. The molecule has 0 amide bonds. The molecular weight excluding hydrogens is 204 g/mol. The highest BCUT2D eigenvalue weighted by molar-refractivity contribution is 5.35. The van der Waals surface area contributed by atoms with Crippen LogP contribution < -0.4 is 0 Å². The van der Waals surface area contributed by atoms with E-state index in [1.54, 1.807) is 5.92 Å². The van der Waals surface area contributed by atoms with E-state index in [0.29, 0.717) is 5.41 Å². The van der Waals surface area contributed by atoms with E-state index in [4.69, 9.17) is 0 Å². The zero-order chi connectivity index (χ0) is 12.3. The van der Waals surface area contributed by atoms with Crippen LogP contribution in [0.15, 0.2) is 30.3 Å². The van der Waals surface area contributed by atoms with E-state index >= 15 is 0 Å². The molecule has 0 unspecified atom stereocenters. The molecule has 0 spiro atoms. The molecule has 1 radical (unpaired) electrons. The van der Waals surface area contributed by atoms with Gasteiger partial charge in [0.05, 0.1) is 0 Å². The molecule has 0 heterocycles. The van der Waals surface area contributed by atoms with Crippen molar-refractivity contribution in [3.63, 3.8) is 0 Å². The molecular formula is C17H25. The lowest BCUT2D eigenvalue weighted by molar-refractivity contribution is 0.292. The third kappa shape index (κ3) is 3.12. The van der Waals surface area contributed by atoms with E-state index in [-0.39, 0.29) is 0 Å². The normalized spacial score (nSPS) is 18.6. The Kier molecular flexibility index (Phi) is 3.91. The Hall–Kier alpha value is -0.780. The minimum atomic E-state index is 0.295. The first-order valence-corrected chi connectivity index (χ1v) is 7.02. The quantitative estimate of drug-likeness (QED) is 0.651. The van der Waals surface area contributed by atoms with E-state index in [1.807, 2.05) is 0 Å². The summed E-state index contributed by atoms with van der Waals surface area (Å²) in [7, 11) is 0. The topological polar surface area (TPSA) is 0 Å². The molecule has 1 aliphatic rings. The molecule has 93 valence electrons. The first kappa shape index (κ1) is 12.7. The van der Waals surface area contributed by atoms with Crippen LogP contribution in [0, 0.1) is 17.3 Å². The Balaban J connectivity index is 2.25. The summed E-state index contributed by atoms with van der Waals surface area (Å²) in [6, 6.07) is 11.0. The molecule has 17 heavy (non-hydrogen) atoms. The zero-order valence-electron chi connectivity index (χ0n) is 11.5. The van der Waals surface area contributed by atoms with Crippen molar-refractivity contribution >= 4 is 0 Å². The first-order chi connectivity index (χ1) is 8.09. The van der Waals surface area contributed by atoms with E-state index in [9.17, 15) is 0 Å². The predicted molar refractivity (Wildman–Crippen MR) is 74.8 cm³/mol. The third-order valence-electron chi connectivity index (χ3n) is 3.91. The summed E-state index contributed by atoms with van der Waals surface area (Å²) >= 11 is 0. The predicted octanol–water partition coefficient (Wildman–Crippen LogP) is 5.24. The highest BCUT2D eigenvalue weighted by Crippen LogP contribution is 2.45. The maximum atomic E-state index is 2.37. The molecule has 1 aliphatic carbocycles. The Morgan fingerprint density at radius 2 is 1.53 bits per heavy atom. The lowest BCUT2D eigenvalue weighted by Gasteiger charge is -2.39. The fourth-order valence-electron chi connectivity index (χ4n) is 3.29. The number of hydrogen-bond acceptors (Lipinski definition) is 0. The van der Waals surface area contributed by atoms with Crippen LogP contribution in [-0.2, 0) is 0 Å². The second-order valence-corrected chi connectivity index (χ2v) is 6.36. The average molecular weight is 229 g/mol. The molecule has 0 aliphatic heterocycles. The van der Waals surface area contributed by atoms with Gasteiger partial charge in [0.1, 0.15) is 0 Å². The number of benzene rings is 1. The van der Waals surface area contributed by atoms with Crippen LogP contribution >= 0.6 is 0 Å². The van der Waals surface area contributed by atoms with Gasteiger partial charge in [-0.25, -0.2) is 0 Å². The Morgan fingerprint density at radius 3 is 2.06 bits per heavy atom. The lowest BCUT2D eigenvalue weighted by Crippen LogP contribution is -2.28. The lowest BCUT2D eigenvalue weighted by atomic mass is 9.65. The van der Waals surface area contributed by atoms with Crippen LogP contribution in [0.2, 0.25) is 0 Å². The van der Waals surface area contributed by atoms with Crippen LogP contribution in [0.3, 0.4) is 0 Å². The second kappa shape index (κ2) is 5.25. The van der Waals surface area contributed by atoms with Crippen molar-refractivity contribution in [2.45, 2.75) is 52.9 Å². The van der Waals surface area contributed by atoms with Crippen LogP contribution in [0.4, 0.5) is 0 Å². The molecule has 0 N–H and O–H groups in total. The minimum absolute atomic E-state index is 0.295. The van der Waals surface area contributed by atoms with Gasteiger partial charge in [-0.1, -0.05) is 70.4 Å². The van der Waals surface area contributed by atoms with Gasteiger partial charge in [0.2, 0.25) is 0 Å². The fourth-order valence-corrected chi connectivity index (χ4v) is 3.29. The first-order valence-electron chi connectivity index (χ1n) is 7.02. The molecule has 1 saturated carbocycles. The summed E-state index contributed by atoms with van der Waals surface area (Å²) in [4.78, 5) is 0. The minimum Gasteiger partial charge on any atom is -0.0622 e. The van der Waals surface area contributed by atoms with Crippen molar-refractivity contribution in [1.82, 2.24) is 0 Å². The van der Waals surface area contributed by atoms with E-state index < -0.39 is 0 Å². The molecule has 0 bridgehead atoms. The Labute approximate surface area is 106 Å². The van der Waals surface area contributed by atoms with Gasteiger partial charge < -0.3 is 0 Å². The summed E-state index contributed by atoms with van der Waals surface area (Å²) < 4.78 is 0. The second-order valence-electron chi connectivity index (χ2n) is 6.36. The van der Waals surface area contributed by atoms with E-state index in [2.05, 4.69) is 51.1 Å². The molecule has 0 nitrogen and oxygen atoms in total. The fraction of sp³-hybridized carbons (Fsp3) is 0.588. The zero-order valence-corrected chi connectivity index (χ0v) is 11.5. The van der Waals surface area contributed by atoms with Gasteiger partial charge in [0.25, 0.3) is 0 Å². The van der Waals surface area contributed by atoms with Crippen molar-refractivity contribution < 1.29 is 0 Å². The van der Waals surface area contributed by atoms with Gasteiger partial charge in [-0.2, -0.15) is 0 Å². The maximum Gasteiger partial charge on any atom is 0.0134 e. The SMILES string of the molecule is CC(C)(C)[C](c1ccccc1)C1CCCCC1. The van der Waals surface area contributed by atoms with Gasteiger partial charge in [-0.05, 0) is 29.7 Å². The highest BCUT2D eigenvalue weighted by atomic mass is 14.4. The molecule has 0 aromatic heterocycles. The summed E-state index contributed by atoms with van der Waals surface area (Å²) in [5, 5.41) is 0. The molecule has 1 aromatic rings. The van der Waals surface area contributed by atoms with Crippen molar-refractivity contribution in [1.29, 1.82) is 0 Å². The standard InChI is InChI=1S/C17H25/c1-17(2,3)16(14-10-6-4-7-11-14)15-12-8-5-9-13-15/h4,6-7,10-11,15H,5,8-9,12-13H2,1-3H3. The molecule has 1 fully saturated rings. The summed E-state index contributed by atoms with van der Waals surface area (Å²) in [6.07, 6.45) is 7.04. The number of hydrogen-bond donors (Lipinski definition) is 0. The molecule has 0 atom stereocenters.